The maximum atomic E-state index is 13.5. The highest BCUT2D eigenvalue weighted by Crippen LogP contribution is 2.48. The number of rotatable bonds is 11. The Labute approximate surface area is 275 Å². The minimum Gasteiger partial charge on any atom is -0.463 e. The Balaban J connectivity index is 1.38. The van der Waals surface area contributed by atoms with Crippen molar-refractivity contribution in [2.75, 3.05) is 13.2 Å². The predicted molar refractivity (Wildman–Crippen MR) is 164 cm³/mol. The minimum atomic E-state index is -1.51. The number of Topliss-reactive ketones (excluding diaryl/α,β-unsaturated/α-hetero) is 1. The van der Waals surface area contributed by atoms with E-state index in [2.05, 4.69) is 0 Å². The standard InChI is InChI=1S/C35H34O13/c1-20(36)41-19-30-31(43-21(2)37)32(44-22(3)38)33(45-23(4)39)34(46-30)42-18-27(40)24-15-16-28-29(17-24)48-35(47-28,25-11-7-5-8-12-25)26-13-9-6-10-14-26/h5-17,30-34H,18-19H2,1-4H3. The van der Waals surface area contributed by atoms with Gasteiger partial charge in [0.05, 0.1) is 0 Å². The molecule has 0 bridgehead atoms. The molecule has 0 aliphatic carbocycles. The lowest BCUT2D eigenvalue weighted by Crippen LogP contribution is -2.63. The summed E-state index contributed by atoms with van der Waals surface area (Å²) in [5.41, 5.74) is 1.69. The van der Waals surface area contributed by atoms with Crippen molar-refractivity contribution in [2.24, 2.45) is 0 Å². The van der Waals surface area contributed by atoms with Gasteiger partial charge in [0.15, 0.2) is 41.9 Å². The zero-order chi connectivity index (χ0) is 34.4. The van der Waals surface area contributed by atoms with Gasteiger partial charge in [0.25, 0.3) is 0 Å². The van der Waals surface area contributed by atoms with Gasteiger partial charge >= 0.3 is 29.7 Å². The van der Waals surface area contributed by atoms with E-state index < -0.39 is 79.4 Å². The number of fused-ring (bicyclic) bond motifs is 1. The molecule has 0 spiro atoms. The summed E-state index contributed by atoms with van der Waals surface area (Å²) in [4.78, 5) is 61.2. The first-order chi connectivity index (χ1) is 23.0. The van der Waals surface area contributed by atoms with Crippen LogP contribution in [0.25, 0.3) is 0 Å². The van der Waals surface area contributed by atoms with Crippen LogP contribution in [-0.2, 0) is 53.4 Å². The topological polar surface area (TPSA) is 159 Å². The maximum Gasteiger partial charge on any atom is 0.305 e. The van der Waals surface area contributed by atoms with E-state index in [1.165, 1.54) is 6.07 Å². The highest BCUT2D eigenvalue weighted by Gasteiger charge is 2.53. The van der Waals surface area contributed by atoms with Crippen LogP contribution in [0.15, 0.2) is 78.9 Å². The van der Waals surface area contributed by atoms with Crippen molar-refractivity contribution in [1.29, 1.82) is 0 Å². The monoisotopic (exact) mass is 662 g/mol. The number of benzene rings is 3. The molecule has 13 heteroatoms. The van der Waals surface area contributed by atoms with Crippen LogP contribution in [0.3, 0.4) is 0 Å². The first kappa shape index (κ1) is 34.1. The van der Waals surface area contributed by atoms with E-state index in [1.807, 2.05) is 60.7 Å². The second kappa shape index (κ2) is 14.7. The molecule has 252 valence electrons. The number of esters is 4. The van der Waals surface area contributed by atoms with Gasteiger partial charge in [0, 0.05) is 44.4 Å². The van der Waals surface area contributed by atoms with Crippen molar-refractivity contribution in [3.05, 3.63) is 95.6 Å². The molecule has 1 fully saturated rings. The average Bonchev–Trinajstić information content (AvgIpc) is 3.45. The summed E-state index contributed by atoms with van der Waals surface area (Å²) in [7, 11) is 0. The second-order valence-corrected chi connectivity index (χ2v) is 11.0. The van der Waals surface area contributed by atoms with Crippen molar-refractivity contribution in [3.63, 3.8) is 0 Å². The molecular formula is C35H34O13. The number of ether oxygens (including phenoxy) is 8. The third kappa shape index (κ3) is 7.64. The minimum absolute atomic E-state index is 0.208. The lowest BCUT2D eigenvalue weighted by molar-refractivity contribution is -0.305. The number of carbonyl (C=O) groups excluding carboxylic acids is 5. The molecule has 0 saturated carbocycles. The van der Waals surface area contributed by atoms with E-state index in [0.717, 1.165) is 38.8 Å². The third-order valence-electron chi connectivity index (χ3n) is 7.41. The molecule has 2 heterocycles. The summed E-state index contributed by atoms with van der Waals surface area (Å²) in [5.74, 6) is -4.08. The number of hydrogen-bond donors (Lipinski definition) is 0. The first-order valence-corrected chi connectivity index (χ1v) is 15.0. The molecule has 3 aromatic carbocycles. The van der Waals surface area contributed by atoms with Gasteiger partial charge in [-0.25, -0.2) is 0 Å². The van der Waals surface area contributed by atoms with E-state index in [-0.39, 0.29) is 5.56 Å². The summed E-state index contributed by atoms with van der Waals surface area (Å²) in [5, 5.41) is 0. The van der Waals surface area contributed by atoms with E-state index in [0.29, 0.717) is 11.5 Å². The van der Waals surface area contributed by atoms with Gasteiger partial charge in [-0.05, 0) is 18.2 Å². The highest BCUT2D eigenvalue weighted by atomic mass is 16.7. The molecule has 13 nitrogen and oxygen atoms in total. The summed E-state index contributed by atoms with van der Waals surface area (Å²) in [6.45, 7) is 3.47. The quantitative estimate of drug-likeness (QED) is 0.167. The molecule has 0 aromatic heterocycles. The van der Waals surface area contributed by atoms with Crippen LogP contribution >= 0.6 is 0 Å². The molecule has 5 atom stereocenters. The summed E-state index contributed by atoms with van der Waals surface area (Å²) in [6, 6.07) is 23.5. The van der Waals surface area contributed by atoms with Crippen molar-refractivity contribution in [3.8, 4) is 11.5 Å². The van der Waals surface area contributed by atoms with Crippen molar-refractivity contribution in [2.45, 2.75) is 64.2 Å². The van der Waals surface area contributed by atoms with Gasteiger partial charge in [0.2, 0.25) is 0 Å². The van der Waals surface area contributed by atoms with Gasteiger partial charge in [-0.15, -0.1) is 0 Å². The molecule has 48 heavy (non-hydrogen) atoms. The Morgan fingerprint density at radius 1 is 0.646 bits per heavy atom. The SMILES string of the molecule is CC(=O)OCC1OC(OCC(=O)c2ccc3c(c2)OC(c2ccccc2)(c2ccccc2)O3)C(OC(C)=O)C(OC(C)=O)C1OC(C)=O. The van der Waals surface area contributed by atoms with Crippen molar-refractivity contribution in [1.82, 2.24) is 0 Å². The third-order valence-corrected chi connectivity index (χ3v) is 7.41. The molecule has 0 amide bonds. The zero-order valence-corrected chi connectivity index (χ0v) is 26.6. The Morgan fingerprint density at radius 2 is 1.19 bits per heavy atom. The normalized spacial score (nSPS) is 22.2. The van der Waals surface area contributed by atoms with Crippen LogP contribution in [0.1, 0.15) is 49.2 Å². The van der Waals surface area contributed by atoms with E-state index in [4.69, 9.17) is 37.9 Å². The number of hydrogen-bond acceptors (Lipinski definition) is 13. The van der Waals surface area contributed by atoms with Gasteiger partial charge in [0.1, 0.15) is 19.3 Å². The van der Waals surface area contributed by atoms with Crippen molar-refractivity contribution >= 4 is 29.7 Å². The largest absolute Gasteiger partial charge is 0.463 e. The number of carbonyl (C=O) groups is 5. The van der Waals surface area contributed by atoms with E-state index in [1.54, 1.807) is 12.1 Å². The molecular weight excluding hydrogens is 628 g/mol. The smallest absolute Gasteiger partial charge is 0.305 e. The lowest BCUT2D eigenvalue weighted by Gasteiger charge is -2.43. The van der Waals surface area contributed by atoms with Crippen LogP contribution in [0.5, 0.6) is 11.5 Å². The Morgan fingerprint density at radius 3 is 1.75 bits per heavy atom. The molecule has 2 aliphatic rings. The molecule has 5 unspecified atom stereocenters. The second-order valence-electron chi connectivity index (χ2n) is 11.0. The molecule has 0 N–H and O–H groups in total. The van der Waals surface area contributed by atoms with Crippen LogP contribution in [0.2, 0.25) is 0 Å². The molecule has 5 rings (SSSR count). The Bertz CT molecular complexity index is 1620. The Hall–Kier alpha value is -5.27. The van der Waals surface area contributed by atoms with Crippen LogP contribution in [-0.4, -0.2) is 73.6 Å². The molecule has 3 aromatic rings. The van der Waals surface area contributed by atoms with Gasteiger partial charge < -0.3 is 37.9 Å². The van der Waals surface area contributed by atoms with Crippen molar-refractivity contribution < 1.29 is 61.9 Å². The fourth-order valence-corrected chi connectivity index (χ4v) is 5.46. The van der Waals surface area contributed by atoms with Gasteiger partial charge in [-0.3, -0.25) is 24.0 Å². The first-order valence-electron chi connectivity index (χ1n) is 15.0. The fourth-order valence-electron chi connectivity index (χ4n) is 5.46. The number of ketones is 1. The maximum absolute atomic E-state index is 13.5. The molecule has 1 saturated heterocycles. The van der Waals surface area contributed by atoms with E-state index >= 15 is 0 Å². The van der Waals surface area contributed by atoms with Gasteiger partial charge in [-0.1, -0.05) is 60.7 Å². The van der Waals surface area contributed by atoms with Crippen LogP contribution in [0.4, 0.5) is 0 Å². The van der Waals surface area contributed by atoms with Crippen LogP contribution in [0, 0.1) is 0 Å². The summed E-state index contributed by atoms with van der Waals surface area (Å²) < 4.78 is 45.8. The predicted octanol–water partition coefficient (Wildman–Crippen LogP) is 3.64. The zero-order valence-electron chi connectivity index (χ0n) is 26.6. The summed E-state index contributed by atoms with van der Waals surface area (Å²) in [6.07, 6.45) is -6.98. The van der Waals surface area contributed by atoms with Crippen LogP contribution < -0.4 is 9.47 Å². The average molecular weight is 663 g/mol. The summed E-state index contributed by atoms with van der Waals surface area (Å²) >= 11 is 0. The molecule has 2 aliphatic heterocycles. The van der Waals surface area contributed by atoms with Gasteiger partial charge in [-0.2, -0.15) is 0 Å². The fraction of sp³-hybridized carbons (Fsp3) is 0.343. The van der Waals surface area contributed by atoms with E-state index in [9.17, 15) is 24.0 Å². The Kier molecular flexibility index (Phi) is 10.4. The highest BCUT2D eigenvalue weighted by molar-refractivity contribution is 5.97. The lowest BCUT2D eigenvalue weighted by atomic mass is 9.97. The molecule has 0 radical (unpaired) electrons.